The van der Waals surface area contributed by atoms with E-state index in [0.717, 1.165) is 5.56 Å². The molecule has 0 aromatic heterocycles. The van der Waals surface area contributed by atoms with Crippen LogP contribution < -0.4 is 4.74 Å². The predicted molar refractivity (Wildman–Crippen MR) is 97.1 cm³/mol. The molecule has 3 heteroatoms. The molecule has 3 rings (SSSR count). The summed E-state index contributed by atoms with van der Waals surface area (Å²) in [5, 5.41) is 2.39. The second kappa shape index (κ2) is 7.18. The molecule has 0 aliphatic heterocycles. The third kappa shape index (κ3) is 3.93. The van der Waals surface area contributed by atoms with Crippen molar-refractivity contribution in [2.24, 2.45) is 0 Å². The van der Waals surface area contributed by atoms with Gasteiger partial charge in [0.1, 0.15) is 5.75 Å². The fourth-order valence-electron chi connectivity index (χ4n) is 2.59. The van der Waals surface area contributed by atoms with Crippen molar-refractivity contribution in [3.05, 3.63) is 77.9 Å². The van der Waals surface area contributed by atoms with Crippen LogP contribution in [0.5, 0.6) is 5.75 Å². The van der Waals surface area contributed by atoms with E-state index >= 15 is 0 Å². The molecule has 0 bridgehead atoms. The topological polar surface area (TPSA) is 29.5 Å². The number of hydrogen-bond donors (Lipinski definition) is 0. The smallest absolute Gasteiger partial charge is 0.260 e. The Labute approximate surface area is 142 Å². The normalized spacial score (nSPS) is 10.6. The van der Waals surface area contributed by atoms with Crippen LogP contribution in [-0.4, -0.2) is 24.5 Å². The van der Waals surface area contributed by atoms with Crippen molar-refractivity contribution in [1.82, 2.24) is 4.90 Å². The summed E-state index contributed by atoms with van der Waals surface area (Å²) in [6.07, 6.45) is 0. The number of benzene rings is 3. The first-order chi connectivity index (χ1) is 11.6. The molecule has 3 aromatic carbocycles. The van der Waals surface area contributed by atoms with Crippen molar-refractivity contribution in [2.75, 3.05) is 13.7 Å². The van der Waals surface area contributed by atoms with Gasteiger partial charge in [0.2, 0.25) is 0 Å². The van der Waals surface area contributed by atoms with E-state index in [-0.39, 0.29) is 12.5 Å². The summed E-state index contributed by atoms with van der Waals surface area (Å²) < 4.78 is 5.56. The molecule has 0 saturated carbocycles. The summed E-state index contributed by atoms with van der Waals surface area (Å²) in [7, 11) is 1.80. The zero-order valence-electron chi connectivity index (χ0n) is 14.0. The fraction of sp³-hybridized carbons (Fsp3) is 0.190. The fourth-order valence-corrected chi connectivity index (χ4v) is 2.59. The maximum Gasteiger partial charge on any atom is 0.260 e. The SMILES string of the molecule is Cc1ccc(OCC(=O)N(C)Cc2ccc3ccccc3c2)cc1. The van der Waals surface area contributed by atoms with Crippen LogP contribution in [0.4, 0.5) is 0 Å². The molecule has 0 saturated heterocycles. The average molecular weight is 319 g/mol. The molecule has 122 valence electrons. The van der Waals surface area contributed by atoms with Crippen molar-refractivity contribution < 1.29 is 9.53 Å². The summed E-state index contributed by atoms with van der Waals surface area (Å²) in [5.74, 6) is 0.678. The van der Waals surface area contributed by atoms with E-state index in [2.05, 4.69) is 30.3 Å². The molecule has 0 heterocycles. The molecule has 24 heavy (non-hydrogen) atoms. The maximum absolute atomic E-state index is 12.3. The lowest BCUT2D eigenvalue weighted by atomic mass is 10.1. The molecule has 0 aliphatic rings. The Bertz CT molecular complexity index is 840. The second-order valence-electron chi connectivity index (χ2n) is 6.03. The van der Waals surface area contributed by atoms with E-state index in [1.54, 1.807) is 11.9 Å². The highest BCUT2D eigenvalue weighted by Crippen LogP contribution is 2.17. The van der Waals surface area contributed by atoms with Gasteiger partial charge in [-0.05, 0) is 41.5 Å². The van der Waals surface area contributed by atoms with Gasteiger partial charge in [-0.2, -0.15) is 0 Å². The van der Waals surface area contributed by atoms with Crippen LogP contribution in [0.1, 0.15) is 11.1 Å². The second-order valence-corrected chi connectivity index (χ2v) is 6.03. The van der Waals surface area contributed by atoms with Crippen LogP contribution in [0.15, 0.2) is 66.7 Å². The van der Waals surface area contributed by atoms with Crippen LogP contribution >= 0.6 is 0 Å². The average Bonchev–Trinajstić information content (AvgIpc) is 2.61. The van der Waals surface area contributed by atoms with Crippen molar-refractivity contribution >= 4 is 16.7 Å². The molecule has 0 spiro atoms. The van der Waals surface area contributed by atoms with E-state index in [0.29, 0.717) is 12.3 Å². The van der Waals surface area contributed by atoms with Crippen LogP contribution in [0.3, 0.4) is 0 Å². The standard InChI is InChI=1S/C21H21NO2/c1-16-7-11-20(12-8-16)24-15-21(23)22(2)14-17-9-10-18-5-3-4-6-19(18)13-17/h3-13H,14-15H2,1-2H3. The Morgan fingerprint density at radius 1 is 0.958 bits per heavy atom. The quantitative estimate of drug-likeness (QED) is 0.706. The van der Waals surface area contributed by atoms with Crippen LogP contribution in [0.25, 0.3) is 10.8 Å². The molecule has 0 fully saturated rings. The van der Waals surface area contributed by atoms with Gasteiger partial charge in [0.15, 0.2) is 6.61 Å². The highest BCUT2D eigenvalue weighted by Gasteiger charge is 2.10. The van der Waals surface area contributed by atoms with Gasteiger partial charge in [0.05, 0.1) is 0 Å². The monoisotopic (exact) mass is 319 g/mol. The molecule has 3 aromatic rings. The minimum Gasteiger partial charge on any atom is -0.484 e. The van der Waals surface area contributed by atoms with E-state index < -0.39 is 0 Å². The number of amides is 1. The van der Waals surface area contributed by atoms with Gasteiger partial charge in [-0.25, -0.2) is 0 Å². The third-order valence-electron chi connectivity index (χ3n) is 4.04. The molecular weight excluding hydrogens is 298 g/mol. The van der Waals surface area contributed by atoms with E-state index in [1.807, 2.05) is 43.3 Å². The summed E-state index contributed by atoms with van der Waals surface area (Å²) in [5.41, 5.74) is 2.28. The number of ether oxygens (including phenoxy) is 1. The van der Waals surface area contributed by atoms with Gasteiger partial charge < -0.3 is 9.64 Å². The zero-order chi connectivity index (χ0) is 16.9. The van der Waals surface area contributed by atoms with Crippen LogP contribution in [0.2, 0.25) is 0 Å². The molecule has 1 amide bonds. The van der Waals surface area contributed by atoms with Crippen molar-refractivity contribution in [3.63, 3.8) is 0 Å². The van der Waals surface area contributed by atoms with Gasteiger partial charge in [-0.1, -0.05) is 54.1 Å². The molecule has 0 atom stereocenters. The Morgan fingerprint density at radius 2 is 1.67 bits per heavy atom. The molecule has 3 nitrogen and oxygen atoms in total. The van der Waals surface area contributed by atoms with Crippen LogP contribution in [0, 0.1) is 6.92 Å². The predicted octanol–water partition coefficient (Wildman–Crippen LogP) is 4.19. The van der Waals surface area contributed by atoms with Crippen molar-refractivity contribution in [1.29, 1.82) is 0 Å². The maximum atomic E-state index is 12.3. The lowest BCUT2D eigenvalue weighted by Gasteiger charge is -2.18. The molecule has 0 unspecified atom stereocenters. The number of rotatable bonds is 5. The van der Waals surface area contributed by atoms with Gasteiger partial charge >= 0.3 is 0 Å². The number of carbonyl (C=O) groups excluding carboxylic acids is 1. The zero-order valence-corrected chi connectivity index (χ0v) is 14.0. The van der Waals surface area contributed by atoms with Crippen molar-refractivity contribution in [2.45, 2.75) is 13.5 Å². The lowest BCUT2D eigenvalue weighted by molar-refractivity contribution is -0.132. The third-order valence-corrected chi connectivity index (χ3v) is 4.04. The summed E-state index contributed by atoms with van der Waals surface area (Å²) in [4.78, 5) is 13.9. The van der Waals surface area contributed by atoms with Gasteiger partial charge in [0.25, 0.3) is 5.91 Å². The largest absolute Gasteiger partial charge is 0.484 e. The van der Waals surface area contributed by atoms with Crippen molar-refractivity contribution in [3.8, 4) is 5.75 Å². The molecule has 0 N–H and O–H groups in total. The number of nitrogens with zero attached hydrogens (tertiary/aromatic N) is 1. The van der Waals surface area contributed by atoms with E-state index in [9.17, 15) is 4.79 Å². The highest BCUT2D eigenvalue weighted by molar-refractivity contribution is 5.83. The minimum atomic E-state index is -0.0382. The Morgan fingerprint density at radius 3 is 2.42 bits per heavy atom. The molecular formula is C21H21NO2. The van der Waals surface area contributed by atoms with Crippen LogP contribution in [-0.2, 0) is 11.3 Å². The lowest BCUT2D eigenvalue weighted by Crippen LogP contribution is -2.30. The van der Waals surface area contributed by atoms with E-state index in [1.165, 1.54) is 16.3 Å². The number of hydrogen-bond acceptors (Lipinski definition) is 2. The summed E-state index contributed by atoms with van der Waals surface area (Å²) in [6.45, 7) is 2.64. The minimum absolute atomic E-state index is 0.0382. The van der Waals surface area contributed by atoms with Gasteiger partial charge in [0, 0.05) is 13.6 Å². The van der Waals surface area contributed by atoms with Gasteiger partial charge in [-0.15, -0.1) is 0 Å². The number of fused-ring (bicyclic) bond motifs is 1. The number of aryl methyl sites for hydroxylation is 1. The Balaban J connectivity index is 1.59. The summed E-state index contributed by atoms with van der Waals surface area (Å²) >= 11 is 0. The van der Waals surface area contributed by atoms with Gasteiger partial charge in [-0.3, -0.25) is 4.79 Å². The first kappa shape index (κ1) is 16.1. The molecule has 0 aliphatic carbocycles. The number of likely N-dealkylation sites (N-methyl/N-ethyl adjacent to an activating group) is 1. The van der Waals surface area contributed by atoms with E-state index in [4.69, 9.17) is 4.74 Å². The Kier molecular flexibility index (Phi) is 4.80. The highest BCUT2D eigenvalue weighted by atomic mass is 16.5. The molecule has 0 radical (unpaired) electrons. The number of carbonyl (C=O) groups is 1. The first-order valence-corrected chi connectivity index (χ1v) is 8.03. The first-order valence-electron chi connectivity index (χ1n) is 8.03. The Hall–Kier alpha value is -2.81. The summed E-state index contributed by atoms with van der Waals surface area (Å²) in [6, 6.07) is 22.2.